The van der Waals surface area contributed by atoms with Crippen LogP contribution in [0.4, 0.5) is 34.1 Å². The summed E-state index contributed by atoms with van der Waals surface area (Å²) >= 11 is 0. The zero-order chi connectivity index (χ0) is 36.6. The van der Waals surface area contributed by atoms with Crippen molar-refractivity contribution in [2.75, 3.05) is 9.80 Å². The van der Waals surface area contributed by atoms with E-state index in [1.165, 1.54) is 22.3 Å². The molecule has 9 aromatic carbocycles. The number of benzene rings is 9. The second-order valence-electron chi connectivity index (χ2n) is 13.8. The van der Waals surface area contributed by atoms with E-state index in [1.54, 1.807) is 0 Å². The Kier molecular flexibility index (Phi) is 8.16. The molecule has 0 fully saturated rings. The highest BCUT2D eigenvalue weighted by molar-refractivity contribution is 6.07. The van der Waals surface area contributed by atoms with Crippen LogP contribution in [-0.2, 0) is 0 Å². The third-order valence-corrected chi connectivity index (χ3v) is 10.4. The molecule has 0 aliphatic carbocycles. The normalized spacial score (nSPS) is 11.4. The lowest BCUT2D eigenvalue weighted by molar-refractivity contribution is 0.487. The Balaban J connectivity index is 1.09. The van der Waals surface area contributed by atoms with Crippen molar-refractivity contribution >= 4 is 44.9 Å². The van der Waals surface area contributed by atoms with Crippen LogP contribution in [-0.4, -0.2) is 0 Å². The highest BCUT2D eigenvalue weighted by Gasteiger charge is 2.25. The van der Waals surface area contributed by atoms with E-state index in [0.717, 1.165) is 67.5 Å². The van der Waals surface area contributed by atoms with Crippen LogP contribution in [0.5, 0.6) is 11.5 Å². The van der Waals surface area contributed by atoms with Crippen LogP contribution >= 0.6 is 0 Å². The molecule has 0 amide bonds. The Hall–Kier alpha value is -7.36. The molecule has 260 valence electrons. The van der Waals surface area contributed by atoms with Crippen LogP contribution in [0.1, 0.15) is 0 Å². The average molecular weight is 705 g/mol. The number of para-hydroxylation sites is 2. The Labute approximate surface area is 321 Å². The van der Waals surface area contributed by atoms with Gasteiger partial charge in [0.15, 0.2) is 0 Å². The van der Waals surface area contributed by atoms with Crippen LogP contribution < -0.4 is 14.5 Å². The molecule has 0 bridgehead atoms. The van der Waals surface area contributed by atoms with E-state index in [1.807, 2.05) is 0 Å². The van der Waals surface area contributed by atoms with E-state index >= 15 is 0 Å². The van der Waals surface area contributed by atoms with Gasteiger partial charge in [-0.15, -0.1) is 0 Å². The molecule has 9 aromatic rings. The maximum Gasteiger partial charge on any atom is 0.138 e. The maximum absolute atomic E-state index is 6.87. The molecule has 10 rings (SSSR count). The Morgan fingerprint density at radius 3 is 1.27 bits per heavy atom. The van der Waals surface area contributed by atoms with Crippen LogP contribution in [0.15, 0.2) is 218 Å². The predicted octanol–water partition coefficient (Wildman–Crippen LogP) is 14.9. The summed E-state index contributed by atoms with van der Waals surface area (Å²) in [7, 11) is 0. The summed E-state index contributed by atoms with van der Waals surface area (Å²) in [5.41, 5.74) is 13.4. The zero-order valence-corrected chi connectivity index (χ0v) is 30.1. The predicted molar refractivity (Wildman–Crippen MR) is 230 cm³/mol. The minimum atomic E-state index is 0.841. The topological polar surface area (TPSA) is 15.7 Å². The first kappa shape index (κ1) is 32.3. The molecule has 0 aromatic heterocycles. The van der Waals surface area contributed by atoms with Gasteiger partial charge in [0.1, 0.15) is 11.5 Å². The quantitative estimate of drug-likeness (QED) is 0.157. The average Bonchev–Trinajstić information content (AvgIpc) is 3.26. The van der Waals surface area contributed by atoms with Crippen LogP contribution in [0.2, 0.25) is 0 Å². The van der Waals surface area contributed by atoms with Crippen molar-refractivity contribution < 1.29 is 4.74 Å². The molecule has 1 aliphatic heterocycles. The summed E-state index contributed by atoms with van der Waals surface area (Å²) < 4.78 is 6.87. The highest BCUT2D eigenvalue weighted by Crippen LogP contribution is 2.51. The summed E-state index contributed by atoms with van der Waals surface area (Å²) in [6.07, 6.45) is 0. The molecule has 0 N–H and O–H groups in total. The summed E-state index contributed by atoms with van der Waals surface area (Å²) in [6, 6.07) is 77.3. The monoisotopic (exact) mass is 704 g/mol. The first-order valence-corrected chi connectivity index (χ1v) is 18.7. The lowest BCUT2D eigenvalue weighted by Gasteiger charge is -2.30. The lowest BCUT2D eigenvalue weighted by atomic mass is 9.93. The van der Waals surface area contributed by atoms with Gasteiger partial charge < -0.3 is 14.5 Å². The van der Waals surface area contributed by atoms with Crippen molar-refractivity contribution in [3.05, 3.63) is 218 Å². The molecule has 3 nitrogen and oxygen atoms in total. The number of hydrogen-bond donors (Lipinski definition) is 0. The molecule has 3 heteroatoms. The molecule has 55 heavy (non-hydrogen) atoms. The molecule has 1 aliphatic rings. The first-order valence-electron chi connectivity index (χ1n) is 18.7. The molecule has 0 spiro atoms. The number of ether oxygens (including phenoxy) is 1. The van der Waals surface area contributed by atoms with E-state index in [-0.39, 0.29) is 0 Å². The Morgan fingerprint density at radius 2 is 0.727 bits per heavy atom. The van der Waals surface area contributed by atoms with Crippen LogP contribution in [0, 0.1) is 0 Å². The van der Waals surface area contributed by atoms with E-state index in [4.69, 9.17) is 4.74 Å². The standard InChI is InChI=1S/C52H36N2O/c1-5-14-37(15-6-1)39-24-28-44(29-25-39)54(45-30-26-40(27-31-45)38-16-7-2-8-17-38)47-34-41-18-13-23-48-49-35-46(32-33-50(49)55-51(36-47)52(41)48)53(42-19-9-3-10-20-42)43-21-11-4-12-22-43/h1-36H. The van der Waals surface area contributed by atoms with Crippen LogP contribution in [0.3, 0.4) is 0 Å². The van der Waals surface area contributed by atoms with Gasteiger partial charge in [-0.3, -0.25) is 0 Å². The molecule has 0 atom stereocenters. The molecule has 0 radical (unpaired) electrons. The second-order valence-corrected chi connectivity index (χ2v) is 13.8. The molecule has 0 saturated carbocycles. The Morgan fingerprint density at radius 1 is 0.273 bits per heavy atom. The maximum atomic E-state index is 6.87. The van der Waals surface area contributed by atoms with Crippen LogP contribution in [0.25, 0.3) is 44.2 Å². The SMILES string of the molecule is c1ccc(-c2ccc(N(c3ccc(-c4ccccc4)cc3)c3cc4c5c(cccc5c3)-c3cc(N(c5ccccc5)c5ccccc5)ccc3O4)cc2)cc1. The van der Waals surface area contributed by atoms with Crippen molar-refractivity contribution in [2.24, 2.45) is 0 Å². The van der Waals surface area contributed by atoms with Crippen molar-refractivity contribution in [3.63, 3.8) is 0 Å². The molecule has 0 saturated heterocycles. The first-order chi connectivity index (χ1) is 27.3. The molecular formula is C52H36N2O. The molecule has 0 unspecified atom stereocenters. The number of fused-ring (bicyclic) bond motifs is 2. The second kappa shape index (κ2) is 13.9. The van der Waals surface area contributed by atoms with Gasteiger partial charge in [0, 0.05) is 45.5 Å². The third kappa shape index (κ3) is 6.08. The minimum absolute atomic E-state index is 0.841. The lowest BCUT2D eigenvalue weighted by Crippen LogP contribution is -2.11. The van der Waals surface area contributed by atoms with Gasteiger partial charge in [-0.2, -0.15) is 0 Å². The number of anilines is 6. The third-order valence-electron chi connectivity index (χ3n) is 10.4. The van der Waals surface area contributed by atoms with Crippen molar-refractivity contribution in [2.45, 2.75) is 0 Å². The highest BCUT2D eigenvalue weighted by atomic mass is 16.5. The summed E-state index contributed by atoms with van der Waals surface area (Å²) in [5, 5.41) is 2.23. The zero-order valence-electron chi connectivity index (χ0n) is 30.1. The number of rotatable bonds is 8. The van der Waals surface area contributed by atoms with Gasteiger partial charge in [-0.05, 0) is 106 Å². The van der Waals surface area contributed by atoms with Gasteiger partial charge in [0.05, 0.1) is 5.69 Å². The number of nitrogens with zero attached hydrogens (tertiary/aromatic N) is 2. The Bertz CT molecular complexity index is 2630. The van der Waals surface area contributed by atoms with E-state index in [0.29, 0.717) is 0 Å². The van der Waals surface area contributed by atoms with Gasteiger partial charge in [0.25, 0.3) is 0 Å². The van der Waals surface area contributed by atoms with E-state index < -0.39 is 0 Å². The number of hydrogen-bond acceptors (Lipinski definition) is 3. The van der Waals surface area contributed by atoms with E-state index in [9.17, 15) is 0 Å². The van der Waals surface area contributed by atoms with E-state index in [2.05, 4.69) is 228 Å². The fourth-order valence-electron chi connectivity index (χ4n) is 7.80. The van der Waals surface area contributed by atoms with Crippen molar-refractivity contribution in [3.8, 4) is 44.9 Å². The minimum Gasteiger partial charge on any atom is -0.456 e. The smallest absolute Gasteiger partial charge is 0.138 e. The fraction of sp³-hybridized carbons (Fsp3) is 0. The summed E-state index contributed by atoms with van der Waals surface area (Å²) in [6.45, 7) is 0. The van der Waals surface area contributed by atoms with Gasteiger partial charge in [0.2, 0.25) is 0 Å². The molecular weight excluding hydrogens is 669 g/mol. The van der Waals surface area contributed by atoms with Gasteiger partial charge in [-0.25, -0.2) is 0 Å². The van der Waals surface area contributed by atoms with Crippen molar-refractivity contribution in [1.82, 2.24) is 0 Å². The van der Waals surface area contributed by atoms with Gasteiger partial charge >= 0.3 is 0 Å². The summed E-state index contributed by atoms with van der Waals surface area (Å²) in [4.78, 5) is 4.62. The molecule has 1 heterocycles. The summed E-state index contributed by atoms with van der Waals surface area (Å²) in [5.74, 6) is 1.69. The van der Waals surface area contributed by atoms with Crippen molar-refractivity contribution in [1.29, 1.82) is 0 Å². The largest absolute Gasteiger partial charge is 0.456 e. The van der Waals surface area contributed by atoms with Gasteiger partial charge in [-0.1, -0.05) is 140 Å². The fourth-order valence-corrected chi connectivity index (χ4v) is 7.80.